The Kier molecular flexibility index (Phi) is 3.76. The lowest BCUT2D eigenvalue weighted by Gasteiger charge is -2.07. The molecule has 0 aliphatic heterocycles. The minimum Gasteiger partial charge on any atom is -0.477 e. The van der Waals surface area contributed by atoms with Gasteiger partial charge in [-0.15, -0.1) is 0 Å². The Bertz CT molecular complexity index is 629. The van der Waals surface area contributed by atoms with Crippen molar-refractivity contribution in [1.82, 2.24) is 4.98 Å². The van der Waals surface area contributed by atoms with Crippen molar-refractivity contribution in [2.24, 2.45) is 0 Å². The van der Waals surface area contributed by atoms with E-state index in [9.17, 15) is 4.79 Å². The molecule has 1 aromatic heterocycles. The van der Waals surface area contributed by atoms with Crippen LogP contribution in [0.3, 0.4) is 0 Å². The highest BCUT2D eigenvalue weighted by Crippen LogP contribution is 2.37. The molecule has 0 aliphatic rings. The maximum Gasteiger partial charge on any atom is 0.354 e. The number of carboxylic acids is 1. The molecule has 0 amide bonds. The molecule has 2 rings (SSSR count). The molecule has 0 fully saturated rings. The molecule has 0 unspecified atom stereocenters. The number of hydrogen-bond donors (Lipinski definition) is 1. The van der Waals surface area contributed by atoms with E-state index in [4.69, 9.17) is 39.9 Å². The second kappa shape index (κ2) is 5.14. The Morgan fingerprint density at radius 1 is 1.06 bits per heavy atom. The molecule has 1 heterocycles. The number of nitrogens with zero attached hydrogens (tertiary/aromatic N) is 1. The minimum atomic E-state index is -1.10. The molecule has 0 spiro atoms. The van der Waals surface area contributed by atoms with Crippen LogP contribution in [0.25, 0.3) is 11.3 Å². The highest BCUT2D eigenvalue weighted by molar-refractivity contribution is 6.49. The van der Waals surface area contributed by atoms with Gasteiger partial charge in [0.05, 0.1) is 20.8 Å². The largest absolute Gasteiger partial charge is 0.477 e. The van der Waals surface area contributed by atoms with Crippen molar-refractivity contribution in [1.29, 1.82) is 0 Å². The fourth-order valence-electron chi connectivity index (χ4n) is 1.43. The number of carboxylic acid groups (broad SMARTS) is 1. The highest BCUT2D eigenvalue weighted by atomic mass is 35.5. The van der Waals surface area contributed by atoms with E-state index < -0.39 is 5.97 Å². The van der Waals surface area contributed by atoms with Gasteiger partial charge in [0.1, 0.15) is 5.69 Å². The zero-order valence-electron chi connectivity index (χ0n) is 8.82. The van der Waals surface area contributed by atoms with E-state index in [0.29, 0.717) is 16.3 Å². The zero-order chi connectivity index (χ0) is 13.3. The van der Waals surface area contributed by atoms with Crippen LogP contribution < -0.4 is 0 Å². The summed E-state index contributed by atoms with van der Waals surface area (Å²) >= 11 is 17.8. The molecule has 1 N–H and O–H groups in total. The molecule has 0 atom stereocenters. The van der Waals surface area contributed by atoms with Crippen molar-refractivity contribution < 1.29 is 9.90 Å². The van der Waals surface area contributed by atoms with Crippen LogP contribution in [0.5, 0.6) is 0 Å². The first-order valence-corrected chi connectivity index (χ1v) is 5.98. The number of aromatic carboxylic acids is 1. The molecule has 0 aliphatic carbocycles. The topological polar surface area (TPSA) is 50.2 Å². The Balaban J connectivity index is 2.59. The van der Waals surface area contributed by atoms with Crippen molar-refractivity contribution in [3.8, 4) is 11.3 Å². The summed E-state index contributed by atoms with van der Waals surface area (Å²) in [6, 6.07) is 7.87. The van der Waals surface area contributed by atoms with E-state index in [1.165, 1.54) is 6.07 Å². The van der Waals surface area contributed by atoms with Gasteiger partial charge in [0.25, 0.3) is 0 Å². The van der Waals surface area contributed by atoms with Gasteiger partial charge in [-0.25, -0.2) is 9.78 Å². The van der Waals surface area contributed by atoms with Gasteiger partial charge in [-0.2, -0.15) is 0 Å². The Morgan fingerprint density at radius 2 is 1.78 bits per heavy atom. The number of hydrogen-bond acceptors (Lipinski definition) is 2. The van der Waals surface area contributed by atoms with Crippen molar-refractivity contribution in [3.63, 3.8) is 0 Å². The molecule has 0 saturated heterocycles. The molecule has 18 heavy (non-hydrogen) atoms. The fraction of sp³-hybridized carbons (Fsp3) is 0. The van der Waals surface area contributed by atoms with Gasteiger partial charge in [-0.05, 0) is 24.3 Å². The maximum absolute atomic E-state index is 10.8. The predicted octanol–water partition coefficient (Wildman–Crippen LogP) is 4.41. The monoisotopic (exact) mass is 301 g/mol. The lowest BCUT2D eigenvalue weighted by atomic mass is 10.1. The molecule has 92 valence electrons. The molecule has 6 heteroatoms. The van der Waals surface area contributed by atoms with Crippen LogP contribution in [0.4, 0.5) is 0 Å². The minimum absolute atomic E-state index is 0.0605. The van der Waals surface area contributed by atoms with E-state index in [1.807, 2.05) is 0 Å². The van der Waals surface area contributed by atoms with E-state index in [-0.39, 0.29) is 15.7 Å². The van der Waals surface area contributed by atoms with Crippen molar-refractivity contribution in [3.05, 3.63) is 51.1 Å². The van der Waals surface area contributed by atoms with Crippen molar-refractivity contribution >= 4 is 40.8 Å². The van der Waals surface area contributed by atoms with Gasteiger partial charge < -0.3 is 5.11 Å². The van der Waals surface area contributed by atoms with Crippen LogP contribution in [0.1, 0.15) is 10.5 Å². The van der Waals surface area contributed by atoms with E-state index >= 15 is 0 Å². The molecule has 2 aromatic rings. The Morgan fingerprint density at radius 3 is 2.44 bits per heavy atom. The molecular weight excluding hydrogens is 296 g/mol. The molecule has 0 saturated carbocycles. The van der Waals surface area contributed by atoms with Crippen molar-refractivity contribution in [2.75, 3.05) is 0 Å². The average Bonchev–Trinajstić information content (AvgIpc) is 2.36. The lowest BCUT2D eigenvalue weighted by molar-refractivity contribution is 0.0690. The van der Waals surface area contributed by atoms with Crippen molar-refractivity contribution in [2.45, 2.75) is 0 Å². The number of carbonyl (C=O) groups is 1. The van der Waals surface area contributed by atoms with E-state index in [0.717, 1.165) is 0 Å². The highest BCUT2D eigenvalue weighted by Gasteiger charge is 2.13. The Hall–Kier alpha value is -1.29. The summed E-state index contributed by atoms with van der Waals surface area (Å²) in [4.78, 5) is 14.8. The van der Waals surface area contributed by atoms with Gasteiger partial charge in [-0.1, -0.05) is 40.9 Å². The third kappa shape index (κ3) is 2.43. The second-order valence-electron chi connectivity index (χ2n) is 3.44. The quantitative estimate of drug-likeness (QED) is 0.836. The van der Waals surface area contributed by atoms with Gasteiger partial charge >= 0.3 is 5.97 Å². The van der Waals surface area contributed by atoms with Crippen LogP contribution in [-0.4, -0.2) is 16.1 Å². The third-order valence-corrected chi connectivity index (χ3v) is 3.57. The molecule has 3 nitrogen and oxygen atoms in total. The molecule has 1 aromatic carbocycles. The summed E-state index contributed by atoms with van der Waals surface area (Å²) in [5.41, 5.74) is 0.905. The summed E-state index contributed by atoms with van der Waals surface area (Å²) < 4.78 is 0. The fourth-order valence-corrected chi connectivity index (χ4v) is 2.06. The van der Waals surface area contributed by atoms with E-state index in [2.05, 4.69) is 4.98 Å². The second-order valence-corrected chi connectivity index (χ2v) is 4.60. The summed E-state index contributed by atoms with van der Waals surface area (Å²) in [7, 11) is 0. The first-order valence-electron chi connectivity index (χ1n) is 4.85. The Labute approximate surface area is 118 Å². The number of aromatic nitrogens is 1. The molecule has 0 radical (unpaired) electrons. The van der Waals surface area contributed by atoms with Gasteiger partial charge in [-0.3, -0.25) is 0 Å². The number of benzene rings is 1. The molecular formula is C12H6Cl3NO2. The summed E-state index contributed by atoms with van der Waals surface area (Å²) in [5, 5.41) is 9.68. The predicted molar refractivity (Wildman–Crippen MR) is 71.7 cm³/mol. The van der Waals surface area contributed by atoms with Gasteiger partial charge in [0.15, 0.2) is 0 Å². The number of rotatable bonds is 2. The van der Waals surface area contributed by atoms with Crippen LogP contribution in [0.15, 0.2) is 30.3 Å². The third-order valence-electron chi connectivity index (χ3n) is 2.28. The van der Waals surface area contributed by atoms with Crippen LogP contribution >= 0.6 is 34.8 Å². The summed E-state index contributed by atoms with van der Waals surface area (Å²) in [5.74, 6) is -1.10. The normalized spacial score (nSPS) is 10.4. The smallest absolute Gasteiger partial charge is 0.354 e. The maximum atomic E-state index is 10.8. The standard InChI is InChI=1S/C12H6Cl3NO2/c13-7-5-4-6(10(14)11(7)15)8-2-1-3-9(16-8)12(17)18/h1-5H,(H,17,18). The lowest BCUT2D eigenvalue weighted by Crippen LogP contribution is -2.00. The first-order chi connectivity index (χ1) is 8.50. The van der Waals surface area contributed by atoms with Gasteiger partial charge in [0, 0.05) is 5.56 Å². The van der Waals surface area contributed by atoms with Crippen LogP contribution in [-0.2, 0) is 0 Å². The average molecular weight is 303 g/mol. The van der Waals surface area contributed by atoms with E-state index in [1.54, 1.807) is 24.3 Å². The SMILES string of the molecule is O=C(O)c1cccc(-c2ccc(Cl)c(Cl)c2Cl)n1. The first kappa shape index (κ1) is 13.1. The van der Waals surface area contributed by atoms with Gasteiger partial charge in [0.2, 0.25) is 0 Å². The number of pyridine rings is 1. The molecule has 0 bridgehead atoms. The van der Waals surface area contributed by atoms with Crippen LogP contribution in [0.2, 0.25) is 15.1 Å². The summed E-state index contributed by atoms with van der Waals surface area (Å²) in [6.45, 7) is 0. The number of halogens is 3. The summed E-state index contributed by atoms with van der Waals surface area (Å²) in [6.07, 6.45) is 0. The zero-order valence-corrected chi connectivity index (χ0v) is 11.1. The van der Waals surface area contributed by atoms with Crippen LogP contribution in [0, 0.1) is 0 Å².